The molecule has 3 rings (SSSR count). The summed E-state index contributed by atoms with van der Waals surface area (Å²) < 4.78 is 32.3. The van der Waals surface area contributed by atoms with Crippen molar-refractivity contribution in [2.24, 2.45) is 0 Å². The Kier molecular flexibility index (Phi) is 5.18. The number of anilines is 1. The van der Waals surface area contributed by atoms with E-state index in [2.05, 4.69) is 19.3 Å². The molecule has 0 radical (unpaired) electrons. The molecule has 1 atom stereocenters. The fourth-order valence-electron chi connectivity index (χ4n) is 2.69. The number of nitrogens with one attached hydrogen (secondary N) is 1. The maximum Gasteiger partial charge on any atom is 0.349 e. The lowest BCUT2D eigenvalue weighted by atomic mass is 10.2. The Hall–Kier alpha value is -1.49. The normalized spacial score (nSPS) is 18.0. The molecule has 2 aromatic rings. The van der Waals surface area contributed by atoms with Gasteiger partial charge in [-0.05, 0) is 24.3 Å². The van der Waals surface area contributed by atoms with Crippen LogP contribution in [0.2, 0.25) is 0 Å². The van der Waals surface area contributed by atoms with Crippen LogP contribution in [-0.2, 0) is 14.8 Å². The number of carbonyl (C=O) groups excluding carboxylic acids is 1. The average molecular weight is 388 g/mol. The van der Waals surface area contributed by atoms with Crippen LogP contribution < -0.4 is 9.62 Å². The standard InChI is InChI=1S/C14H17N3O4S3/c1-21-13(18)12-11(4-7-22-12)24(19,20)16-9-10-3-2-6-17(10)14-15-5-8-23-14/h4-5,7-8,10,16H,2-3,6,9H2,1H3. The van der Waals surface area contributed by atoms with Crippen molar-refractivity contribution in [3.63, 3.8) is 0 Å². The molecule has 7 nitrogen and oxygen atoms in total. The number of ether oxygens (including phenoxy) is 1. The number of rotatable bonds is 6. The van der Waals surface area contributed by atoms with Crippen LogP contribution in [-0.4, -0.2) is 45.6 Å². The number of esters is 1. The lowest BCUT2D eigenvalue weighted by Gasteiger charge is -2.24. The number of methoxy groups -OCH3 is 1. The molecular weight excluding hydrogens is 370 g/mol. The van der Waals surface area contributed by atoms with E-state index in [9.17, 15) is 13.2 Å². The molecule has 0 aromatic carbocycles. The quantitative estimate of drug-likeness (QED) is 0.762. The first-order chi connectivity index (χ1) is 11.5. The van der Waals surface area contributed by atoms with Crippen LogP contribution in [0.4, 0.5) is 5.13 Å². The minimum Gasteiger partial charge on any atom is -0.465 e. The first-order valence-electron chi connectivity index (χ1n) is 7.34. The van der Waals surface area contributed by atoms with Gasteiger partial charge in [0.1, 0.15) is 9.77 Å². The third-order valence-electron chi connectivity index (χ3n) is 3.84. The van der Waals surface area contributed by atoms with Gasteiger partial charge in [-0.2, -0.15) is 0 Å². The summed E-state index contributed by atoms with van der Waals surface area (Å²) in [7, 11) is -2.53. The smallest absolute Gasteiger partial charge is 0.349 e. The molecule has 0 bridgehead atoms. The highest BCUT2D eigenvalue weighted by atomic mass is 32.2. The van der Waals surface area contributed by atoms with Crippen molar-refractivity contribution in [2.45, 2.75) is 23.8 Å². The van der Waals surface area contributed by atoms with Crippen LogP contribution in [0.5, 0.6) is 0 Å². The van der Waals surface area contributed by atoms with Crippen LogP contribution in [0.25, 0.3) is 0 Å². The molecule has 10 heteroatoms. The highest BCUT2D eigenvalue weighted by Crippen LogP contribution is 2.27. The van der Waals surface area contributed by atoms with E-state index in [0.29, 0.717) is 0 Å². The summed E-state index contributed by atoms with van der Waals surface area (Å²) in [5.74, 6) is -0.643. The predicted molar refractivity (Wildman–Crippen MR) is 93.3 cm³/mol. The topological polar surface area (TPSA) is 88.6 Å². The van der Waals surface area contributed by atoms with E-state index in [1.54, 1.807) is 22.9 Å². The van der Waals surface area contributed by atoms with Gasteiger partial charge in [-0.3, -0.25) is 0 Å². The Bertz CT molecular complexity index is 801. The first kappa shape index (κ1) is 17.3. The Balaban J connectivity index is 1.72. The van der Waals surface area contributed by atoms with Crippen molar-refractivity contribution in [1.29, 1.82) is 0 Å². The molecule has 3 heterocycles. The van der Waals surface area contributed by atoms with Crippen molar-refractivity contribution in [3.8, 4) is 0 Å². The van der Waals surface area contributed by atoms with E-state index >= 15 is 0 Å². The van der Waals surface area contributed by atoms with Gasteiger partial charge in [-0.15, -0.1) is 22.7 Å². The van der Waals surface area contributed by atoms with Gasteiger partial charge in [0.2, 0.25) is 10.0 Å². The van der Waals surface area contributed by atoms with E-state index in [4.69, 9.17) is 0 Å². The van der Waals surface area contributed by atoms with Crippen molar-refractivity contribution in [3.05, 3.63) is 27.9 Å². The molecular formula is C14H17N3O4S3. The fraction of sp³-hybridized carbons (Fsp3) is 0.429. The van der Waals surface area contributed by atoms with Gasteiger partial charge < -0.3 is 9.64 Å². The van der Waals surface area contributed by atoms with Gasteiger partial charge >= 0.3 is 5.97 Å². The summed E-state index contributed by atoms with van der Waals surface area (Å²) >= 11 is 2.60. The zero-order valence-electron chi connectivity index (χ0n) is 13.0. The summed E-state index contributed by atoms with van der Waals surface area (Å²) in [6.45, 7) is 1.14. The van der Waals surface area contributed by atoms with Crippen molar-refractivity contribution >= 4 is 43.8 Å². The second kappa shape index (κ2) is 7.18. The number of nitrogens with zero attached hydrogens (tertiary/aromatic N) is 2. The van der Waals surface area contributed by atoms with Gasteiger partial charge in [0.15, 0.2) is 5.13 Å². The Morgan fingerprint density at radius 3 is 3.00 bits per heavy atom. The Morgan fingerprint density at radius 1 is 1.46 bits per heavy atom. The zero-order valence-corrected chi connectivity index (χ0v) is 15.4. The van der Waals surface area contributed by atoms with Gasteiger partial charge in [0.05, 0.1) is 7.11 Å². The van der Waals surface area contributed by atoms with E-state index in [-0.39, 0.29) is 22.4 Å². The predicted octanol–water partition coefficient (Wildman–Crippen LogP) is 1.94. The SMILES string of the molecule is COC(=O)c1sccc1S(=O)(=O)NCC1CCCN1c1nccs1. The Morgan fingerprint density at radius 2 is 2.29 bits per heavy atom. The highest BCUT2D eigenvalue weighted by molar-refractivity contribution is 7.89. The van der Waals surface area contributed by atoms with Crippen molar-refractivity contribution < 1.29 is 17.9 Å². The first-order valence-corrected chi connectivity index (χ1v) is 10.6. The molecule has 130 valence electrons. The number of carbonyl (C=O) groups is 1. The molecule has 1 aliphatic rings. The summed E-state index contributed by atoms with van der Waals surface area (Å²) in [4.78, 5) is 18.2. The van der Waals surface area contributed by atoms with Gasteiger partial charge in [0.25, 0.3) is 0 Å². The van der Waals surface area contributed by atoms with Crippen molar-refractivity contribution in [2.75, 3.05) is 25.1 Å². The molecule has 0 spiro atoms. The van der Waals surface area contributed by atoms with Crippen LogP contribution in [0.1, 0.15) is 22.5 Å². The highest BCUT2D eigenvalue weighted by Gasteiger charge is 2.30. The number of thiazole rings is 1. The van der Waals surface area contributed by atoms with Gasteiger partial charge in [-0.25, -0.2) is 22.9 Å². The number of hydrogen-bond acceptors (Lipinski definition) is 8. The van der Waals surface area contributed by atoms with E-state index in [1.165, 1.54) is 13.2 Å². The zero-order chi connectivity index (χ0) is 17.2. The molecule has 1 fully saturated rings. The summed E-state index contributed by atoms with van der Waals surface area (Å²) in [6.07, 6.45) is 3.64. The second-order valence-corrected chi connectivity index (χ2v) is 8.79. The fourth-order valence-corrected chi connectivity index (χ4v) is 5.84. The van der Waals surface area contributed by atoms with Crippen LogP contribution in [0, 0.1) is 0 Å². The molecule has 0 amide bonds. The summed E-state index contributed by atoms with van der Waals surface area (Å²) in [5, 5.41) is 4.38. The molecule has 1 saturated heterocycles. The van der Waals surface area contributed by atoms with Gasteiger partial charge in [-0.1, -0.05) is 0 Å². The molecule has 1 N–H and O–H groups in total. The summed E-state index contributed by atoms with van der Waals surface area (Å²) in [5.41, 5.74) is 0. The van der Waals surface area contributed by atoms with Gasteiger partial charge in [0, 0.05) is 30.7 Å². The van der Waals surface area contributed by atoms with Crippen LogP contribution >= 0.6 is 22.7 Å². The van der Waals surface area contributed by atoms with Crippen LogP contribution in [0.15, 0.2) is 27.9 Å². The molecule has 24 heavy (non-hydrogen) atoms. The molecule has 2 aromatic heterocycles. The van der Waals surface area contributed by atoms with E-state index in [1.807, 2.05) is 5.38 Å². The summed E-state index contributed by atoms with van der Waals surface area (Å²) in [6, 6.07) is 1.48. The van der Waals surface area contributed by atoms with E-state index in [0.717, 1.165) is 35.9 Å². The minimum atomic E-state index is -3.77. The van der Waals surface area contributed by atoms with E-state index < -0.39 is 16.0 Å². The van der Waals surface area contributed by atoms with Crippen LogP contribution in [0.3, 0.4) is 0 Å². The molecule has 1 unspecified atom stereocenters. The number of aromatic nitrogens is 1. The maximum absolute atomic E-state index is 12.5. The minimum absolute atomic E-state index is 0.0295. The number of thiophene rings is 1. The second-order valence-electron chi connectivity index (χ2n) is 5.26. The van der Waals surface area contributed by atoms with Crippen molar-refractivity contribution in [1.82, 2.24) is 9.71 Å². The maximum atomic E-state index is 12.5. The largest absolute Gasteiger partial charge is 0.465 e. The molecule has 0 aliphatic carbocycles. The lowest BCUT2D eigenvalue weighted by Crippen LogP contribution is -2.40. The third-order valence-corrected chi connectivity index (χ3v) is 7.14. The third kappa shape index (κ3) is 3.46. The molecule has 1 aliphatic heterocycles. The number of hydrogen-bond donors (Lipinski definition) is 1. The molecule has 0 saturated carbocycles. The lowest BCUT2D eigenvalue weighted by molar-refractivity contribution is 0.0602. The average Bonchev–Trinajstić information content (AvgIpc) is 3.32. The monoisotopic (exact) mass is 387 g/mol. The number of sulfonamides is 1. The Labute approximate surface area is 148 Å².